The predicted octanol–water partition coefficient (Wildman–Crippen LogP) is 2.92. The average molecular weight is 336 g/mol. The summed E-state index contributed by atoms with van der Waals surface area (Å²) >= 11 is 0. The van der Waals surface area contributed by atoms with Crippen molar-refractivity contribution in [1.29, 1.82) is 0 Å². The molecule has 1 heterocycles. The molecule has 2 aromatic carbocycles. The first kappa shape index (κ1) is 15.2. The van der Waals surface area contributed by atoms with Gasteiger partial charge in [-0.05, 0) is 42.5 Å². The molecule has 0 aliphatic carbocycles. The lowest BCUT2D eigenvalue weighted by Crippen LogP contribution is -2.12. The lowest BCUT2D eigenvalue weighted by atomic mass is 10.3. The molecule has 0 radical (unpaired) electrons. The van der Waals surface area contributed by atoms with Gasteiger partial charge in [0.2, 0.25) is 0 Å². The van der Waals surface area contributed by atoms with E-state index in [0.29, 0.717) is 5.69 Å². The Morgan fingerprint density at radius 1 is 1.00 bits per heavy atom. The minimum atomic E-state index is -4.47. The smallest absolute Gasteiger partial charge is 0.342 e. The summed E-state index contributed by atoms with van der Waals surface area (Å²) in [6.07, 6.45) is 3.32. The van der Waals surface area contributed by atoms with Gasteiger partial charge in [-0.2, -0.15) is 13.5 Å². The standard InChI is InChI=1S/C15H10F2N2O3S/c16-13-3-1-4-14(15(13)17)23(20,21)22-12-7-5-11(6-8-12)19-10-2-9-18-19/h1-10H. The molecule has 0 spiro atoms. The number of benzene rings is 2. The highest BCUT2D eigenvalue weighted by molar-refractivity contribution is 7.87. The summed E-state index contributed by atoms with van der Waals surface area (Å²) in [7, 11) is -4.47. The molecule has 23 heavy (non-hydrogen) atoms. The third kappa shape index (κ3) is 3.07. The third-order valence-electron chi connectivity index (χ3n) is 3.00. The summed E-state index contributed by atoms with van der Waals surface area (Å²) in [5, 5.41) is 4.03. The molecule has 1 aromatic heterocycles. The minimum Gasteiger partial charge on any atom is -0.379 e. The molecule has 3 aromatic rings. The van der Waals surface area contributed by atoms with Gasteiger partial charge in [0.05, 0.1) is 5.69 Å². The first-order chi connectivity index (χ1) is 11.0. The summed E-state index contributed by atoms with van der Waals surface area (Å²) in [4.78, 5) is -0.853. The number of nitrogens with zero attached hydrogens (tertiary/aromatic N) is 2. The molecular formula is C15H10F2N2O3S. The van der Waals surface area contributed by atoms with E-state index in [-0.39, 0.29) is 5.75 Å². The Kier molecular flexibility index (Phi) is 3.83. The van der Waals surface area contributed by atoms with Crippen molar-refractivity contribution < 1.29 is 21.4 Å². The van der Waals surface area contributed by atoms with Gasteiger partial charge >= 0.3 is 10.1 Å². The third-order valence-corrected chi connectivity index (χ3v) is 4.26. The monoisotopic (exact) mass is 336 g/mol. The molecule has 0 N–H and O–H groups in total. The Balaban J connectivity index is 1.87. The van der Waals surface area contributed by atoms with Crippen LogP contribution in [0.3, 0.4) is 0 Å². The maximum Gasteiger partial charge on any atom is 0.342 e. The highest BCUT2D eigenvalue weighted by Gasteiger charge is 2.23. The van der Waals surface area contributed by atoms with E-state index in [1.165, 1.54) is 12.1 Å². The zero-order valence-corrected chi connectivity index (χ0v) is 12.4. The van der Waals surface area contributed by atoms with Crippen LogP contribution in [0.4, 0.5) is 8.78 Å². The van der Waals surface area contributed by atoms with Crippen LogP contribution in [-0.2, 0) is 10.1 Å². The van der Waals surface area contributed by atoms with E-state index in [1.54, 1.807) is 35.3 Å². The fourth-order valence-corrected chi connectivity index (χ4v) is 2.94. The number of rotatable bonds is 4. The van der Waals surface area contributed by atoms with E-state index in [2.05, 4.69) is 5.10 Å². The Hall–Kier alpha value is -2.74. The molecule has 3 rings (SSSR count). The normalized spacial score (nSPS) is 11.4. The zero-order valence-electron chi connectivity index (χ0n) is 11.6. The summed E-state index contributed by atoms with van der Waals surface area (Å²) in [6, 6.07) is 10.5. The lowest BCUT2D eigenvalue weighted by Gasteiger charge is -2.09. The Labute approximate surface area is 130 Å². The molecular weight excluding hydrogens is 326 g/mol. The van der Waals surface area contributed by atoms with Gasteiger partial charge in [-0.15, -0.1) is 0 Å². The van der Waals surface area contributed by atoms with E-state index >= 15 is 0 Å². The largest absolute Gasteiger partial charge is 0.379 e. The highest BCUT2D eigenvalue weighted by Crippen LogP contribution is 2.23. The van der Waals surface area contributed by atoms with Gasteiger partial charge in [0.15, 0.2) is 11.6 Å². The molecule has 8 heteroatoms. The molecule has 0 unspecified atom stereocenters. The molecule has 0 bridgehead atoms. The van der Waals surface area contributed by atoms with Gasteiger partial charge in [0.1, 0.15) is 10.6 Å². The fraction of sp³-hybridized carbons (Fsp3) is 0. The van der Waals surface area contributed by atoms with Crippen molar-refractivity contribution in [2.75, 3.05) is 0 Å². The number of hydrogen-bond donors (Lipinski definition) is 0. The predicted molar refractivity (Wildman–Crippen MR) is 77.7 cm³/mol. The Morgan fingerprint density at radius 3 is 2.39 bits per heavy atom. The second kappa shape index (κ2) is 5.81. The van der Waals surface area contributed by atoms with Crippen molar-refractivity contribution >= 4 is 10.1 Å². The summed E-state index contributed by atoms with van der Waals surface area (Å²) in [5.74, 6) is -2.76. The quantitative estimate of drug-likeness (QED) is 0.687. The van der Waals surface area contributed by atoms with Crippen LogP contribution < -0.4 is 4.18 Å². The maximum absolute atomic E-state index is 13.6. The topological polar surface area (TPSA) is 61.2 Å². The molecule has 5 nitrogen and oxygen atoms in total. The van der Waals surface area contributed by atoms with Crippen molar-refractivity contribution in [1.82, 2.24) is 9.78 Å². The first-order valence-electron chi connectivity index (χ1n) is 6.46. The van der Waals surface area contributed by atoms with Crippen molar-refractivity contribution in [3.05, 3.63) is 72.6 Å². The molecule has 0 amide bonds. The van der Waals surface area contributed by atoms with Gasteiger partial charge in [0, 0.05) is 12.4 Å². The van der Waals surface area contributed by atoms with Crippen LogP contribution in [0, 0.1) is 11.6 Å². The number of hydrogen-bond acceptors (Lipinski definition) is 4. The highest BCUT2D eigenvalue weighted by atomic mass is 32.2. The summed E-state index contributed by atoms with van der Waals surface area (Å²) in [6.45, 7) is 0. The Morgan fingerprint density at radius 2 is 1.74 bits per heavy atom. The first-order valence-corrected chi connectivity index (χ1v) is 7.87. The van der Waals surface area contributed by atoms with E-state index in [1.807, 2.05) is 0 Å². The van der Waals surface area contributed by atoms with Gasteiger partial charge in [-0.3, -0.25) is 0 Å². The van der Waals surface area contributed by atoms with Gasteiger partial charge < -0.3 is 4.18 Å². The van der Waals surface area contributed by atoms with E-state index in [9.17, 15) is 17.2 Å². The van der Waals surface area contributed by atoms with Crippen molar-refractivity contribution in [3.8, 4) is 11.4 Å². The molecule has 0 saturated carbocycles. The minimum absolute atomic E-state index is 0.0235. The Bertz CT molecular complexity index is 924. The number of aromatic nitrogens is 2. The van der Waals surface area contributed by atoms with E-state index < -0.39 is 26.6 Å². The second-order valence-corrected chi connectivity index (χ2v) is 6.05. The molecule has 0 aliphatic heterocycles. The van der Waals surface area contributed by atoms with E-state index in [0.717, 1.165) is 18.2 Å². The van der Waals surface area contributed by atoms with Gasteiger partial charge in [-0.25, -0.2) is 13.5 Å². The molecule has 0 fully saturated rings. The number of halogens is 2. The van der Waals surface area contributed by atoms with Crippen LogP contribution in [0.2, 0.25) is 0 Å². The van der Waals surface area contributed by atoms with Crippen LogP contribution >= 0.6 is 0 Å². The maximum atomic E-state index is 13.6. The van der Waals surface area contributed by atoms with Crippen molar-refractivity contribution in [2.45, 2.75) is 4.90 Å². The van der Waals surface area contributed by atoms with Crippen molar-refractivity contribution in [2.24, 2.45) is 0 Å². The van der Waals surface area contributed by atoms with Crippen molar-refractivity contribution in [3.63, 3.8) is 0 Å². The fourth-order valence-electron chi connectivity index (χ4n) is 1.92. The van der Waals surface area contributed by atoms with Crippen LogP contribution in [0.15, 0.2) is 65.8 Å². The zero-order chi connectivity index (χ0) is 16.4. The molecule has 0 saturated heterocycles. The molecule has 118 valence electrons. The second-order valence-electron chi connectivity index (χ2n) is 4.53. The van der Waals surface area contributed by atoms with Crippen LogP contribution in [0.1, 0.15) is 0 Å². The van der Waals surface area contributed by atoms with Crippen LogP contribution in [-0.4, -0.2) is 18.2 Å². The SMILES string of the molecule is O=S(=O)(Oc1ccc(-n2cccn2)cc1)c1cccc(F)c1F. The van der Waals surface area contributed by atoms with E-state index in [4.69, 9.17) is 4.18 Å². The summed E-state index contributed by atoms with van der Waals surface area (Å²) < 4.78 is 57.2. The van der Waals surface area contributed by atoms with Crippen LogP contribution in [0.25, 0.3) is 5.69 Å². The average Bonchev–Trinajstić information content (AvgIpc) is 3.04. The lowest BCUT2D eigenvalue weighted by molar-refractivity contribution is 0.456. The molecule has 0 aliphatic rings. The van der Waals surface area contributed by atoms with Crippen LogP contribution in [0.5, 0.6) is 5.75 Å². The van der Waals surface area contributed by atoms with Gasteiger partial charge in [0.25, 0.3) is 0 Å². The molecule has 0 atom stereocenters. The van der Waals surface area contributed by atoms with Gasteiger partial charge in [-0.1, -0.05) is 6.07 Å². The summed E-state index contributed by atoms with van der Waals surface area (Å²) in [5.41, 5.74) is 0.691.